The molecule has 9 heteroatoms. The molecule has 0 atom stereocenters. The number of benzene rings is 4. The first-order chi connectivity index (χ1) is 21.0. The molecule has 0 fully saturated rings. The fourth-order valence-electron chi connectivity index (χ4n) is 5.66. The standard InChI is InChI=1S/C34H28N4O5/c1-42-29-18-27-28(19-30(29)43-2)38(36-31(27)32(39)33(40)41)21-26-20-37(22-35-26)34(23-12-6-3-7-13-23,24-14-8-4-9-15-24)25-16-10-5-11-17-25/h3-20,22H,21H2,1-2H3,(H,40,41). The van der Waals surface area contributed by atoms with Crippen molar-refractivity contribution >= 4 is 22.7 Å². The maximum Gasteiger partial charge on any atom is 0.379 e. The summed E-state index contributed by atoms with van der Waals surface area (Å²) < 4.78 is 14.5. The molecule has 0 amide bonds. The summed E-state index contributed by atoms with van der Waals surface area (Å²) in [6.45, 7) is 0.167. The molecule has 0 unspecified atom stereocenters. The largest absolute Gasteiger partial charge is 0.493 e. The van der Waals surface area contributed by atoms with Crippen LogP contribution in [-0.4, -0.2) is 50.4 Å². The topological polar surface area (TPSA) is 108 Å². The van der Waals surface area contributed by atoms with Crippen LogP contribution in [0.15, 0.2) is 116 Å². The number of rotatable bonds is 10. The number of carboxylic acids is 1. The quantitative estimate of drug-likeness (QED) is 0.133. The predicted octanol–water partition coefficient (Wildman–Crippen LogP) is 5.41. The molecule has 0 radical (unpaired) electrons. The van der Waals surface area contributed by atoms with Crippen LogP contribution in [0, 0.1) is 0 Å². The Morgan fingerprint density at radius 3 is 1.79 bits per heavy atom. The Labute approximate surface area is 247 Å². The van der Waals surface area contributed by atoms with Crippen molar-refractivity contribution in [2.45, 2.75) is 12.1 Å². The lowest BCUT2D eigenvalue weighted by atomic mass is 9.77. The number of fused-ring (bicyclic) bond motifs is 1. The first-order valence-corrected chi connectivity index (χ1v) is 13.6. The van der Waals surface area contributed by atoms with E-state index in [1.807, 2.05) is 60.8 Å². The fourth-order valence-corrected chi connectivity index (χ4v) is 5.66. The lowest BCUT2D eigenvalue weighted by Gasteiger charge is -2.37. The molecule has 6 rings (SSSR count). The molecule has 0 spiro atoms. The van der Waals surface area contributed by atoms with Gasteiger partial charge in [0.05, 0.1) is 38.3 Å². The number of ketones is 1. The van der Waals surface area contributed by atoms with Crippen LogP contribution in [-0.2, 0) is 16.9 Å². The summed E-state index contributed by atoms with van der Waals surface area (Å²) in [4.78, 5) is 29.0. The molecule has 0 aliphatic rings. The van der Waals surface area contributed by atoms with E-state index in [0.29, 0.717) is 28.1 Å². The molecule has 214 valence electrons. The molecule has 1 N–H and O–H groups in total. The van der Waals surface area contributed by atoms with E-state index in [9.17, 15) is 14.7 Å². The molecule has 0 aliphatic heterocycles. The van der Waals surface area contributed by atoms with Crippen LogP contribution in [0.3, 0.4) is 0 Å². The average Bonchev–Trinajstić information content (AvgIpc) is 3.66. The maximum atomic E-state index is 12.6. The van der Waals surface area contributed by atoms with Crippen molar-refractivity contribution < 1.29 is 24.2 Å². The van der Waals surface area contributed by atoms with E-state index < -0.39 is 17.3 Å². The summed E-state index contributed by atoms with van der Waals surface area (Å²) in [7, 11) is 2.98. The van der Waals surface area contributed by atoms with Crippen molar-refractivity contribution in [3.05, 3.63) is 144 Å². The Morgan fingerprint density at radius 1 is 0.791 bits per heavy atom. The molecular weight excluding hydrogens is 544 g/mol. The zero-order valence-electron chi connectivity index (χ0n) is 23.5. The zero-order valence-corrected chi connectivity index (χ0v) is 23.5. The number of carboxylic acid groups (broad SMARTS) is 1. The van der Waals surface area contributed by atoms with E-state index in [1.54, 1.807) is 23.1 Å². The number of ether oxygens (including phenoxy) is 2. The number of carbonyl (C=O) groups excluding carboxylic acids is 1. The van der Waals surface area contributed by atoms with Crippen molar-refractivity contribution in [1.29, 1.82) is 0 Å². The monoisotopic (exact) mass is 572 g/mol. The minimum absolute atomic E-state index is 0.167. The highest BCUT2D eigenvalue weighted by molar-refractivity contribution is 6.41. The van der Waals surface area contributed by atoms with Gasteiger partial charge in [-0.2, -0.15) is 5.10 Å². The number of hydrogen-bond acceptors (Lipinski definition) is 6. The third kappa shape index (κ3) is 4.70. The summed E-state index contributed by atoms with van der Waals surface area (Å²) in [5.41, 5.74) is 3.38. The predicted molar refractivity (Wildman–Crippen MR) is 161 cm³/mol. The van der Waals surface area contributed by atoms with Gasteiger partial charge in [0, 0.05) is 17.6 Å². The van der Waals surface area contributed by atoms with Gasteiger partial charge in [0.25, 0.3) is 5.78 Å². The minimum Gasteiger partial charge on any atom is -0.493 e. The number of imidazole rings is 1. The van der Waals surface area contributed by atoms with Crippen molar-refractivity contribution in [2.24, 2.45) is 0 Å². The third-order valence-corrected chi connectivity index (χ3v) is 7.57. The van der Waals surface area contributed by atoms with Gasteiger partial charge >= 0.3 is 5.97 Å². The Morgan fingerprint density at radius 2 is 1.30 bits per heavy atom. The van der Waals surface area contributed by atoms with E-state index in [4.69, 9.17) is 14.5 Å². The van der Waals surface area contributed by atoms with Gasteiger partial charge in [0.1, 0.15) is 11.2 Å². The number of aromatic nitrogens is 4. The summed E-state index contributed by atoms with van der Waals surface area (Å²) in [6.07, 6.45) is 3.75. The molecule has 9 nitrogen and oxygen atoms in total. The molecule has 0 saturated carbocycles. The molecular formula is C34H28N4O5. The van der Waals surface area contributed by atoms with Gasteiger partial charge in [0.2, 0.25) is 0 Å². The molecule has 0 bridgehead atoms. The van der Waals surface area contributed by atoms with Gasteiger partial charge in [-0.05, 0) is 22.8 Å². The molecule has 2 aromatic heterocycles. The highest BCUT2D eigenvalue weighted by atomic mass is 16.5. The zero-order chi connectivity index (χ0) is 30.0. The lowest BCUT2D eigenvalue weighted by molar-refractivity contribution is -0.131. The summed E-state index contributed by atoms with van der Waals surface area (Å²) in [5.74, 6) is -1.93. The van der Waals surface area contributed by atoms with Gasteiger partial charge in [-0.3, -0.25) is 9.48 Å². The number of hydrogen-bond donors (Lipinski definition) is 1. The van der Waals surface area contributed by atoms with Gasteiger partial charge in [0.15, 0.2) is 11.5 Å². The van der Waals surface area contributed by atoms with Crippen LogP contribution < -0.4 is 9.47 Å². The molecule has 4 aromatic carbocycles. The Balaban J connectivity index is 1.53. The fraction of sp³-hybridized carbons (Fsp3) is 0.118. The number of aliphatic carboxylic acids is 1. The molecule has 0 saturated heterocycles. The first kappa shape index (κ1) is 27.5. The SMILES string of the molecule is COc1cc2c(C(=O)C(=O)O)nn(Cc3cn(C(c4ccccc4)(c4ccccc4)c4ccccc4)cn3)c2cc1OC. The minimum atomic E-state index is -1.59. The van der Waals surface area contributed by atoms with Crippen LogP contribution in [0.1, 0.15) is 32.9 Å². The van der Waals surface area contributed by atoms with Crippen LogP contribution in [0.5, 0.6) is 11.5 Å². The highest BCUT2D eigenvalue weighted by Gasteiger charge is 2.38. The molecule has 6 aromatic rings. The Hall–Kier alpha value is -5.70. The lowest BCUT2D eigenvalue weighted by Crippen LogP contribution is -2.36. The van der Waals surface area contributed by atoms with E-state index in [1.165, 1.54) is 14.2 Å². The van der Waals surface area contributed by atoms with Crippen LogP contribution in [0.25, 0.3) is 10.9 Å². The number of methoxy groups -OCH3 is 2. The van der Waals surface area contributed by atoms with E-state index in [-0.39, 0.29) is 12.2 Å². The molecule has 43 heavy (non-hydrogen) atoms. The smallest absolute Gasteiger partial charge is 0.379 e. The van der Waals surface area contributed by atoms with Crippen molar-refractivity contribution in [2.75, 3.05) is 14.2 Å². The summed E-state index contributed by atoms with van der Waals surface area (Å²) in [5, 5.41) is 14.2. The van der Waals surface area contributed by atoms with Crippen LogP contribution in [0.4, 0.5) is 0 Å². The van der Waals surface area contributed by atoms with Crippen LogP contribution in [0.2, 0.25) is 0 Å². The number of carbonyl (C=O) groups is 2. The van der Waals surface area contributed by atoms with Crippen LogP contribution >= 0.6 is 0 Å². The first-order valence-electron chi connectivity index (χ1n) is 13.6. The van der Waals surface area contributed by atoms with Gasteiger partial charge in [-0.1, -0.05) is 91.0 Å². The second-order valence-electron chi connectivity index (χ2n) is 9.95. The number of nitrogens with zero attached hydrogens (tertiary/aromatic N) is 4. The normalized spacial score (nSPS) is 11.4. The van der Waals surface area contributed by atoms with E-state index in [0.717, 1.165) is 16.7 Å². The third-order valence-electron chi connectivity index (χ3n) is 7.57. The summed E-state index contributed by atoms with van der Waals surface area (Å²) >= 11 is 0. The van der Waals surface area contributed by atoms with Crippen molar-refractivity contribution in [3.8, 4) is 11.5 Å². The second-order valence-corrected chi connectivity index (χ2v) is 9.95. The molecule has 0 aliphatic carbocycles. The van der Waals surface area contributed by atoms with Crippen molar-refractivity contribution in [1.82, 2.24) is 19.3 Å². The maximum absolute atomic E-state index is 12.6. The van der Waals surface area contributed by atoms with E-state index in [2.05, 4.69) is 46.1 Å². The van der Waals surface area contributed by atoms with Gasteiger partial charge in [-0.15, -0.1) is 0 Å². The van der Waals surface area contributed by atoms with E-state index >= 15 is 0 Å². The second kappa shape index (κ2) is 11.3. The molecule has 2 heterocycles. The Kier molecular flexibility index (Phi) is 7.21. The number of Topliss-reactive ketones (excluding diaryl/α,β-unsaturated/α-hetero) is 1. The average molecular weight is 573 g/mol. The van der Waals surface area contributed by atoms with Gasteiger partial charge < -0.3 is 19.1 Å². The highest BCUT2D eigenvalue weighted by Crippen LogP contribution is 2.41. The van der Waals surface area contributed by atoms with Crippen molar-refractivity contribution in [3.63, 3.8) is 0 Å². The Bertz CT molecular complexity index is 1820. The summed E-state index contributed by atoms with van der Waals surface area (Å²) in [6, 6.07) is 34.0. The van der Waals surface area contributed by atoms with Gasteiger partial charge in [-0.25, -0.2) is 9.78 Å².